The Labute approximate surface area is 123 Å². The summed E-state index contributed by atoms with van der Waals surface area (Å²) in [5.41, 5.74) is 7.12. The number of aryl methyl sites for hydroxylation is 1. The topological polar surface area (TPSA) is 26.0 Å². The molecule has 1 nitrogen and oxygen atoms in total. The minimum Gasteiger partial charge on any atom is -0.396 e. The summed E-state index contributed by atoms with van der Waals surface area (Å²) in [6.07, 6.45) is 3.35. The van der Waals surface area contributed by atoms with E-state index < -0.39 is 11.6 Å². The summed E-state index contributed by atoms with van der Waals surface area (Å²) in [4.78, 5) is 0. The number of anilines is 1. The first-order valence-corrected chi connectivity index (χ1v) is 6.95. The van der Waals surface area contributed by atoms with Crippen LogP contribution in [0.25, 0.3) is 0 Å². The molecule has 0 aromatic heterocycles. The molecule has 21 heavy (non-hydrogen) atoms. The van der Waals surface area contributed by atoms with Crippen LogP contribution in [0.15, 0.2) is 36.4 Å². The van der Waals surface area contributed by atoms with Crippen LogP contribution in [-0.4, -0.2) is 0 Å². The summed E-state index contributed by atoms with van der Waals surface area (Å²) in [5, 5.41) is 0. The quantitative estimate of drug-likeness (QED) is 0.660. The van der Waals surface area contributed by atoms with Crippen molar-refractivity contribution in [3.8, 4) is 11.8 Å². The number of nitrogens with two attached hydrogens (primary N) is 1. The molecule has 0 heterocycles. The average Bonchev–Trinajstić information content (AvgIpc) is 2.48. The summed E-state index contributed by atoms with van der Waals surface area (Å²) in [6.45, 7) is 2.15. The lowest BCUT2D eigenvalue weighted by Gasteiger charge is -2.00. The number of halogens is 2. The smallest absolute Gasteiger partial charge is 0.147 e. The van der Waals surface area contributed by atoms with Gasteiger partial charge in [-0.1, -0.05) is 37.3 Å². The third-order valence-electron chi connectivity index (χ3n) is 3.20. The van der Waals surface area contributed by atoms with Crippen LogP contribution in [0.3, 0.4) is 0 Å². The fourth-order valence-corrected chi connectivity index (χ4v) is 1.93. The number of nitrogen functional groups attached to an aromatic ring is 1. The van der Waals surface area contributed by atoms with E-state index in [1.54, 1.807) is 0 Å². The fraction of sp³-hybridized carbons (Fsp3) is 0.222. The van der Waals surface area contributed by atoms with Gasteiger partial charge in [-0.2, -0.15) is 0 Å². The van der Waals surface area contributed by atoms with Gasteiger partial charge in [0, 0.05) is 11.6 Å². The molecule has 2 aromatic rings. The van der Waals surface area contributed by atoms with Gasteiger partial charge in [-0.25, -0.2) is 8.78 Å². The van der Waals surface area contributed by atoms with Crippen molar-refractivity contribution in [3.05, 3.63) is 64.7 Å². The Morgan fingerprint density at radius 1 is 1.00 bits per heavy atom. The van der Waals surface area contributed by atoms with Crippen LogP contribution in [-0.2, 0) is 6.42 Å². The summed E-state index contributed by atoms with van der Waals surface area (Å²) in [5.74, 6) is 4.21. The first-order valence-electron chi connectivity index (χ1n) is 6.95. The second kappa shape index (κ2) is 6.90. The highest BCUT2D eigenvalue weighted by Gasteiger charge is 2.05. The molecule has 0 unspecified atom stereocenters. The predicted molar refractivity (Wildman–Crippen MR) is 81.8 cm³/mol. The molecule has 0 aliphatic rings. The molecule has 2 rings (SSSR count). The van der Waals surface area contributed by atoms with Gasteiger partial charge < -0.3 is 5.73 Å². The van der Waals surface area contributed by atoms with Gasteiger partial charge in [-0.3, -0.25) is 0 Å². The molecule has 0 spiro atoms. The lowest BCUT2D eigenvalue weighted by Crippen LogP contribution is -1.94. The fourth-order valence-electron chi connectivity index (χ4n) is 1.93. The van der Waals surface area contributed by atoms with Crippen LogP contribution >= 0.6 is 0 Å². The zero-order valence-corrected chi connectivity index (χ0v) is 11.9. The Balaban J connectivity index is 2.17. The molecular formula is C18H17F2N. The van der Waals surface area contributed by atoms with Gasteiger partial charge in [0.2, 0.25) is 0 Å². The van der Waals surface area contributed by atoms with Gasteiger partial charge in [0.05, 0.1) is 11.3 Å². The molecule has 0 bridgehead atoms. The molecule has 0 radical (unpaired) electrons. The predicted octanol–water partition coefficient (Wildman–Crippen LogP) is 4.29. The zero-order valence-electron chi connectivity index (χ0n) is 11.9. The SMILES string of the molecule is CCCCc1ccc(C#Cc2cc(F)c(N)cc2F)cc1. The van der Waals surface area contributed by atoms with E-state index in [-0.39, 0.29) is 11.3 Å². The van der Waals surface area contributed by atoms with Gasteiger partial charge in [0.25, 0.3) is 0 Å². The van der Waals surface area contributed by atoms with E-state index in [1.165, 1.54) is 5.56 Å². The number of hydrogen-bond acceptors (Lipinski definition) is 1. The molecular weight excluding hydrogens is 268 g/mol. The van der Waals surface area contributed by atoms with Crippen LogP contribution in [0, 0.1) is 23.5 Å². The van der Waals surface area contributed by atoms with E-state index in [0.29, 0.717) is 0 Å². The summed E-state index contributed by atoms with van der Waals surface area (Å²) in [6, 6.07) is 9.78. The molecule has 0 saturated carbocycles. The van der Waals surface area contributed by atoms with Crippen molar-refractivity contribution in [2.45, 2.75) is 26.2 Å². The monoisotopic (exact) mass is 285 g/mol. The Morgan fingerprint density at radius 3 is 2.38 bits per heavy atom. The maximum Gasteiger partial charge on any atom is 0.147 e. The molecule has 2 aromatic carbocycles. The van der Waals surface area contributed by atoms with Gasteiger partial charge in [-0.15, -0.1) is 0 Å². The average molecular weight is 285 g/mol. The normalized spacial score (nSPS) is 10.0. The second-order valence-corrected chi connectivity index (χ2v) is 4.90. The summed E-state index contributed by atoms with van der Waals surface area (Å²) >= 11 is 0. The van der Waals surface area contributed by atoms with Crippen LogP contribution in [0.5, 0.6) is 0 Å². The minimum atomic E-state index is -0.657. The van der Waals surface area contributed by atoms with Crippen LogP contribution in [0.2, 0.25) is 0 Å². The highest BCUT2D eigenvalue weighted by Crippen LogP contribution is 2.16. The maximum absolute atomic E-state index is 13.6. The largest absolute Gasteiger partial charge is 0.396 e. The summed E-state index contributed by atoms with van der Waals surface area (Å²) in [7, 11) is 0. The Morgan fingerprint density at radius 2 is 1.71 bits per heavy atom. The Hall–Kier alpha value is -2.34. The van der Waals surface area contributed by atoms with Gasteiger partial charge in [0.1, 0.15) is 11.6 Å². The van der Waals surface area contributed by atoms with Crippen molar-refractivity contribution in [2.24, 2.45) is 0 Å². The lowest BCUT2D eigenvalue weighted by molar-refractivity contribution is 0.601. The molecule has 0 saturated heterocycles. The molecule has 0 aliphatic heterocycles. The third-order valence-corrected chi connectivity index (χ3v) is 3.20. The first kappa shape index (κ1) is 15.1. The zero-order chi connectivity index (χ0) is 15.2. The van der Waals surface area contributed by atoms with Crippen molar-refractivity contribution in [3.63, 3.8) is 0 Å². The number of hydrogen-bond donors (Lipinski definition) is 1. The summed E-state index contributed by atoms with van der Waals surface area (Å²) < 4.78 is 26.9. The van der Waals surface area contributed by atoms with Gasteiger partial charge >= 0.3 is 0 Å². The number of benzene rings is 2. The maximum atomic E-state index is 13.6. The lowest BCUT2D eigenvalue weighted by atomic mass is 10.1. The van der Waals surface area contributed by atoms with Crippen LogP contribution < -0.4 is 5.73 Å². The second-order valence-electron chi connectivity index (χ2n) is 4.90. The van der Waals surface area contributed by atoms with E-state index in [9.17, 15) is 8.78 Å². The minimum absolute atomic E-state index is 0.0109. The Bertz CT molecular complexity index is 679. The number of rotatable bonds is 3. The van der Waals surface area contributed by atoms with Crippen LogP contribution in [0.1, 0.15) is 36.5 Å². The van der Waals surface area contributed by atoms with E-state index in [4.69, 9.17) is 5.73 Å². The van der Waals surface area contributed by atoms with Gasteiger partial charge in [-0.05, 0) is 36.6 Å². The molecule has 3 heteroatoms. The van der Waals surface area contributed by atoms with Crippen molar-refractivity contribution >= 4 is 5.69 Å². The van der Waals surface area contributed by atoms with Crippen molar-refractivity contribution in [2.75, 3.05) is 5.73 Å². The van der Waals surface area contributed by atoms with Crippen molar-refractivity contribution in [1.82, 2.24) is 0 Å². The van der Waals surface area contributed by atoms with E-state index >= 15 is 0 Å². The highest BCUT2D eigenvalue weighted by molar-refractivity contribution is 5.49. The first-order chi connectivity index (χ1) is 10.1. The Kier molecular flexibility index (Phi) is 4.94. The molecule has 0 amide bonds. The van der Waals surface area contributed by atoms with E-state index in [1.807, 2.05) is 24.3 Å². The molecule has 0 fully saturated rings. The highest BCUT2D eigenvalue weighted by atomic mass is 19.1. The molecule has 0 aliphatic carbocycles. The van der Waals surface area contributed by atoms with Gasteiger partial charge in [0.15, 0.2) is 0 Å². The van der Waals surface area contributed by atoms with Crippen LogP contribution in [0.4, 0.5) is 14.5 Å². The molecule has 2 N–H and O–H groups in total. The standard InChI is InChI=1S/C18H17F2N/c1-2-3-4-13-5-7-14(8-6-13)9-10-15-11-17(20)18(21)12-16(15)19/h5-8,11-12H,2-4,21H2,1H3. The van der Waals surface area contributed by atoms with E-state index in [2.05, 4.69) is 18.8 Å². The van der Waals surface area contributed by atoms with Crippen molar-refractivity contribution < 1.29 is 8.78 Å². The van der Waals surface area contributed by atoms with Crippen molar-refractivity contribution in [1.29, 1.82) is 0 Å². The number of unbranched alkanes of at least 4 members (excludes halogenated alkanes) is 1. The molecule has 108 valence electrons. The molecule has 0 atom stereocenters. The third kappa shape index (κ3) is 4.06. The van der Waals surface area contributed by atoms with E-state index in [0.717, 1.165) is 37.0 Å².